The van der Waals surface area contributed by atoms with Crippen LogP contribution in [-0.2, 0) is 6.42 Å². The summed E-state index contributed by atoms with van der Waals surface area (Å²) < 4.78 is 9.50. The van der Waals surface area contributed by atoms with Crippen LogP contribution < -0.4 is 15.2 Å². The minimum Gasteiger partial charge on any atom is -0.496 e. The zero-order valence-corrected chi connectivity index (χ0v) is 9.84. The van der Waals surface area contributed by atoms with Gasteiger partial charge in [0, 0.05) is 0 Å². The monoisotopic (exact) mass is 231 g/mol. The standard InChI is InChI=1S/C10H11B2NO2S/c1-14-7-5-9-8(4-6(7)2-3-13)15-10(11,12)16-9/h4-5H,2-3,13H2,1H3. The quantitative estimate of drug-likeness (QED) is 0.774. The molecule has 2 rings (SSSR count). The normalized spacial score (nSPS) is 16.6. The van der Waals surface area contributed by atoms with Gasteiger partial charge >= 0.3 is 0 Å². The van der Waals surface area contributed by atoms with E-state index in [1.165, 1.54) is 11.8 Å². The highest BCUT2D eigenvalue weighted by Crippen LogP contribution is 2.46. The van der Waals surface area contributed by atoms with Gasteiger partial charge in [0.1, 0.15) is 27.2 Å². The molecule has 1 aliphatic heterocycles. The van der Waals surface area contributed by atoms with Crippen molar-refractivity contribution in [2.45, 2.75) is 16.0 Å². The van der Waals surface area contributed by atoms with E-state index in [0.29, 0.717) is 12.3 Å². The Morgan fingerprint density at radius 3 is 2.88 bits per heavy atom. The lowest BCUT2D eigenvalue weighted by atomic mass is 9.80. The van der Waals surface area contributed by atoms with Crippen molar-refractivity contribution in [2.24, 2.45) is 5.73 Å². The van der Waals surface area contributed by atoms with Crippen LogP contribution in [0.4, 0.5) is 0 Å². The molecule has 0 fully saturated rings. The third kappa shape index (κ3) is 2.18. The van der Waals surface area contributed by atoms with Crippen molar-refractivity contribution in [2.75, 3.05) is 13.7 Å². The fraction of sp³-hybridized carbons (Fsp3) is 0.400. The largest absolute Gasteiger partial charge is 0.496 e. The summed E-state index contributed by atoms with van der Waals surface area (Å²) in [6, 6.07) is 3.77. The second kappa shape index (κ2) is 4.26. The summed E-state index contributed by atoms with van der Waals surface area (Å²) >= 11 is 1.27. The molecule has 0 aliphatic carbocycles. The lowest BCUT2D eigenvalue weighted by Gasteiger charge is -2.17. The van der Waals surface area contributed by atoms with Crippen molar-refractivity contribution in [3.63, 3.8) is 0 Å². The molecule has 0 unspecified atom stereocenters. The summed E-state index contributed by atoms with van der Waals surface area (Å²) in [6.45, 7) is 0.554. The number of hydrogen-bond acceptors (Lipinski definition) is 4. The van der Waals surface area contributed by atoms with Gasteiger partial charge < -0.3 is 15.2 Å². The van der Waals surface area contributed by atoms with E-state index in [1.54, 1.807) is 7.11 Å². The molecule has 80 valence electrons. The van der Waals surface area contributed by atoms with Gasteiger partial charge in [0.25, 0.3) is 0 Å². The van der Waals surface area contributed by atoms with Crippen LogP contribution in [0.3, 0.4) is 0 Å². The van der Waals surface area contributed by atoms with E-state index in [9.17, 15) is 0 Å². The van der Waals surface area contributed by atoms with Gasteiger partial charge in [-0.3, -0.25) is 0 Å². The molecule has 3 nitrogen and oxygen atoms in total. The second-order valence-corrected chi connectivity index (χ2v) is 4.86. The van der Waals surface area contributed by atoms with Crippen molar-refractivity contribution in [1.29, 1.82) is 0 Å². The molecule has 1 aliphatic rings. The zero-order chi connectivity index (χ0) is 11.8. The molecule has 0 spiro atoms. The fourth-order valence-electron chi connectivity index (χ4n) is 1.65. The number of thioether (sulfide) groups is 1. The van der Waals surface area contributed by atoms with Gasteiger partial charge in [-0.05, 0) is 30.7 Å². The van der Waals surface area contributed by atoms with Crippen LogP contribution in [0.5, 0.6) is 11.5 Å². The van der Waals surface area contributed by atoms with Crippen molar-refractivity contribution < 1.29 is 9.47 Å². The SMILES string of the molecule is [B]C1([B])Oc2cc(CCN)c(OC)cc2S1. The molecule has 0 saturated heterocycles. The highest BCUT2D eigenvalue weighted by Gasteiger charge is 2.30. The third-order valence-electron chi connectivity index (χ3n) is 2.30. The Kier molecular flexibility index (Phi) is 3.12. The van der Waals surface area contributed by atoms with Gasteiger partial charge in [-0.25, -0.2) is 0 Å². The van der Waals surface area contributed by atoms with Gasteiger partial charge in [0.15, 0.2) is 0 Å². The first-order chi connectivity index (χ1) is 7.55. The van der Waals surface area contributed by atoms with Crippen LogP contribution in [0.15, 0.2) is 17.0 Å². The van der Waals surface area contributed by atoms with E-state index in [4.69, 9.17) is 30.9 Å². The second-order valence-electron chi connectivity index (χ2n) is 3.57. The number of rotatable bonds is 3. The van der Waals surface area contributed by atoms with Crippen LogP contribution in [0.25, 0.3) is 0 Å². The van der Waals surface area contributed by atoms with E-state index in [-0.39, 0.29) is 0 Å². The number of fused-ring (bicyclic) bond motifs is 1. The van der Waals surface area contributed by atoms with Gasteiger partial charge in [-0.15, -0.1) is 0 Å². The summed E-state index contributed by atoms with van der Waals surface area (Å²) in [5.74, 6) is 1.48. The van der Waals surface area contributed by atoms with E-state index >= 15 is 0 Å². The molecule has 6 heteroatoms. The molecule has 1 aromatic rings. The number of hydrogen-bond donors (Lipinski definition) is 1. The van der Waals surface area contributed by atoms with E-state index in [1.807, 2.05) is 12.1 Å². The molecular formula is C10H11B2NO2S. The summed E-state index contributed by atoms with van der Waals surface area (Å²) in [5, 5.41) is 0. The Hall–Kier alpha value is -0.740. The predicted molar refractivity (Wildman–Crippen MR) is 66.5 cm³/mol. The molecule has 0 aromatic heterocycles. The molecule has 0 bridgehead atoms. The lowest BCUT2D eigenvalue weighted by Crippen LogP contribution is -2.28. The summed E-state index contributed by atoms with van der Waals surface area (Å²) in [4.78, 5) is 0.891. The molecule has 1 aromatic carbocycles. The van der Waals surface area contributed by atoms with Crippen molar-refractivity contribution in [1.82, 2.24) is 0 Å². The van der Waals surface area contributed by atoms with Gasteiger partial charge in [0.2, 0.25) is 0 Å². The highest BCUT2D eigenvalue weighted by atomic mass is 32.2. The molecule has 4 radical (unpaired) electrons. The smallest absolute Gasteiger partial charge is 0.133 e. The van der Waals surface area contributed by atoms with Crippen LogP contribution >= 0.6 is 11.8 Å². The average Bonchev–Trinajstić information content (AvgIpc) is 2.50. The number of ether oxygens (including phenoxy) is 2. The van der Waals surface area contributed by atoms with Crippen molar-refractivity contribution in [3.8, 4) is 11.5 Å². The van der Waals surface area contributed by atoms with Gasteiger partial charge in [-0.2, -0.15) is 0 Å². The van der Waals surface area contributed by atoms with E-state index in [2.05, 4.69) is 0 Å². The maximum absolute atomic E-state index is 5.70. The predicted octanol–water partition coefficient (Wildman–Crippen LogP) is 0.629. The van der Waals surface area contributed by atoms with Gasteiger partial charge in [0.05, 0.1) is 16.7 Å². The molecular weight excluding hydrogens is 220 g/mol. The average molecular weight is 231 g/mol. The maximum Gasteiger partial charge on any atom is 0.133 e. The minimum atomic E-state index is -1.19. The maximum atomic E-state index is 5.70. The van der Waals surface area contributed by atoms with E-state index in [0.717, 1.165) is 22.6 Å². The Bertz CT molecular complexity index is 412. The Labute approximate surface area is 102 Å². The Balaban J connectivity index is 2.38. The van der Waals surface area contributed by atoms with E-state index < -0.39 is 4.73 Å². The number of benzene rings is 1. The first kappa shape index (κ1) is 11.7. The molecule has 0 saturated carbocycles. The topological polar surface area (TPSA) is 44.5 Å². The van der Waals surface area contributed by atoms with Crippen molar-refractivity contribution >= 4 is 27.5 Å². The zero-order valence-electron chi connectivity index (χ0n) is 9.03. The third-order valence-corrected chi connectivity index (χ3v) is 3.24. The number of nitrogens with two attached hydrogens (primary N) is 1. The first-order valence-corrected chi connectivity index (χ1v) is 5.74. The lowest BCUT2D eigenvalue weighted by molar-refractivity contribution is 0.330. The summed E-state index contributed by atoms with van der Waals surface area (Å²) in [5.41, 5.74) is 6.53. The van der Waals surface area contributed by atoms with Crippen LogP contribution in [0, 0.1) is 0 Å². The highest BCUT2D eigenvalue weighted by molar-refractivity contribution is 8.03. The number of methoxy groups -OCH3 is 1. The van der Waals surface area contributed by atoms with Crippen LogP contribution in [0.1, 0.15) is 5.56 Å². The first-order valence-electron chi connectivity index (χ1n) is 4.92. The van der Waals surface area contributed by atoms with Crippen LogP contribution in [0.2, 0.25) is 0 Å². The molecule has 1 heterocycles. The van der Waals surface area contributed by atoms with Crippen molar-refractivity contribution in [3.05, 3.63) is 17.7 Å². The minimum absolute atomic E-state index is 0.554. The molecule has 0 amide bonds. The Morgan fingerprint density at radius 1 is 1.50 bits per heavy atom. The van der Waals surface area contributed by atoms with Gasteiger partial charge in [-0.1, -0.05) is 11.8 Å². The van der Waals surface area contributed by atoms with Crippen LogP contribution in [-0.4, -0.2) is 34.1 Å². The molecule has 2 N–H and O–H groups in total. The molecule has 16 heavy (non-hydrogen) atoms. The summed E-state index contributed by atoms with van der Waals surface area (Å²) in [7, 11) is 13.0. The summed E-state index contributed by atoms with van der Waals surface area (Å²) in [6.07, 6.45) is 0.729. The fourth-order valence-corrected chi connectivity index (χ4v) is 2.49. The Morgan fingerprint density at radius 2 is 2.25 bits per heavy atom. The molecule has 0 atom stereocenters.